The number of rotatable bonds is 4. The van der Waals surface area contributed by atoms with Crippen molar-refractivity contribution in [3.8, 4) is 22.5 Å². The van der Waals surface area contributed by atoms with Gasteiger partial charge < -0.3 is 13.8 Å². The van der Waals surface area contributed by atoms with E-state index in [-0.39, 0.29) is 0 Å². The summed E-state index contributed by atoms with van der Waals surface area (Å²) < 4.78 is 11.6. The Labute approximate surface area is 158 Å². The highest BCUT2D eigenvalue weighted by Gasteiger charge is 2.19. The van der Waals surface area contributed by atoms with Crippen LogP contribution >= 0.6 is 0 Å². The highest BCUT2D eigenvalue weighted by atomic mass is 16.5. The minimum Gasteiger partial charge on any atom is -0.457 e. The molecule has 0 aliphatic heterocycles. The van der Waals surface area contributed by atoms with Gasteiger partial charge in [-0.1, -0.05) is 29.4 Å². The molecule has 138 valence electrons. The molecule has 4 aromatic rings. The fourth-order valence-corrected chi connectivity index (χ4v) is 3.49. The number of benzene rings is 1. The summed E-state index contributed by atoms with van der Waals surface area (Å²) in [7, 11) is 4.06. The van der Waals surface area contributed by atoms with E-state index in [0.29, 0.717) is 0 Å². The van der Waals surface area contributed by atoms with Gasteiger partial charge in [0.2, 0.25) is 0 Å². The van der Waals surface area contributed by atoms with Gasteiger partial charge in [-0.2, -0.15) is 0 Å². The first-order valence-corrected chi connectivity index (χ1v) is 9.01. The predicted molar refractivity (Wildman–Crippen MR) is 107 cm³/mol. The minimum absolute atomic E-state index is 0.739. The Hall–Kier alpha value is -2.92. The molecule has 3 aromatic heterocycles. The van der Waals surface area contributed by atoms with Crippen molar-refractivity contribution in [2.45, 2.75) is 27.3 Å². The van der Waals surface area contributed by atoms with Gasteiger partial charge in [0.1, 0.15) is 17.2 Å². The molecular weight excluding hydrogens is 338 g/mol. The molecule has 0 aliphatic rings. The van der Waals surface area contributed by atoms with Crippen LogP contribution in [0.2, 0.25) is 0 Å². The first kappa shape index (κ1) is 17.5. The van der Waals surface area contributed by atoms with Gasteiger partial charge in [-0.05, 0) is 52.6 Å². The molecule has 0 aliphatic carbocycles. The molecule has 0 spiro atoms. The van der Waals surface area contributed by atoms with Gasteiger partial charge in [-0.15, -0.1) is 0 Å². The van der Waals surface area contributed by atoms with Gasteiger partial charge >= 0.3 is 0 Å². The smallest absolute Gasteiger partial charge is 0.160 e. The summed E-state index contributed by atoms with van der Waals surface area (Å²) in [6, 6.07) is 12.4. The van der Waals surface area contributed by atoms with Crippen LogP contribution in [0.3, 0.4) is 0 Å². The molecule has 3 heterocycles. The van der Waals surface area contributed by atoms with Crippen LogP contribution in [-0.4, -0.2) is 29.1 Å². The van der Waals surface area contributed by atoms with Crippen LogP contribution in [0.25, 0.3) is 33.5 Å². The average Bonchev–Trinajstić information content (AvgIpc) is 3.16. The summed E-state index contributed by atoms with van der Waals surface area (Å²) in [5.74, 6) is 1.69. The maximum absolute atomic E-state index is 6.21. The lowest BCUT2D eigenvalue weighted by Crippen LogP contribution is -2.09. The Morgan fingerprint density at radius 2 is 1.81 bits per heavy atom. The van der Waals surface area contributed by atoms with Crippen molar-refractivity contribution in [3.05, 3.63) is 59.2 Å². The first-order valence-electron chi connectivity index (χ1n) is 9.01. The molecule has 0 saturated heterocycles. The SMILES string of the molecule is Cc1ccccc1-c1nc(-c2c(C)noc2C)cc2cc(CN(C)C)oc12. The van der Waals surface area contributed by atoms with Crippen LogP contribution in [-0.2, 0) is 6.54 Å². The van der Waals surface area contributed by atoms with Crippen molar-refractivity contribution < 1.29 is 8.94 Å². The van der Waals surface area contributed by atoms with Crippen LogP contribution in [0.1, 0.15) is 22.8 Å². The van der Waals surface area contributed by atoms with Crippen LogP contribution in [0.5, 0.6) is 0 Å². The van der Waals surface area contributed by atoms with E-state index in [1.807, 2.05) is 40.1 Å². The maximum Gasteiger partial charge on any atom is 0.160 e. The predicted octanol–water partition coefficient (Wildman–Crippen LogP) is 5.14. The van der Waals surface area contributed by atoms with E-state index in [0.717, 1.165) is 62.8 Å². The van der Waals surface area contributed by atoms with Crippen LogP contribution in [0.15, 0.2) is 45.3 Å². The summed E-state index contributed by atoms with van der Waals surface area (Å²) in [5, 5.41) is 5.13. The summed E-state index contributed by atoms with van der Waals surface area (Å²) in [4.78, 5) is 7.07. The van der Waals surface area contributed by atoms with Crippen LogP contribution in [0.4, 0.5) is 0 Å². The third kappa shape index (κ3) is 3.15. The number of nitrogens with zero attached hydrogens (tertiary/aromatic N) is 3. The zero-order chi connectivity index (χ0) is 19.1. The molecule has 5 nitrogen and oxygen atoms in total. The standard InChI is InChI=1S/C22H23N3O2/c1-13-8-6-7-9-18(13)21-22-16(10-17(26-22)12-25(4)5)11-19(23-21)20-14(2)24-27-15(20)3/h6-11H,12H2,1-5H3. The normalized spacial score (nSPS) is 11.6. The lowest BCUT2D eigenvalue weighted by molar-refractivity contribution is 0.358. The van der Waals surface area contributed by atoms with Gasteiger partial charge in [-0.25, -0.2) is 4.98 Å². The zero-order valence-corrected chi connectivity index (χ0v) is 16.3. The molecule has 0 bridgehead atoms. The van der Waals surface area contributed by atoms with E-state index in [9.17, 15) is 0 Å². The topological polar surface area (TPSA) is 55.3 Å². The molecule has 27 heavy (non-hydrogen) atoms. The third-order valence-corrected chi connectivity index (χ3v) is 4.71. The number of hydrogen-bond donors (Lipinski definition) is 0. The maximum atomic E-state index is 6.21. The zero-order valence-electron chi connectivity index (χ0n) is 16.3. The van der Waals surface area contributed by atoms with E-state index in [1.54, 1.807) is 0 Å². The van der Waals surface area contributed by atoms with Crippen molar-refractivity contribution in [1.82, 2.24) is 15.0 Å². The van der Waals surface area contributed by atoms with Gasteiger partial charge in [0.05, 0.1) is 23.5 Å². The quantitative estimate of drug-likeness (QED) is 0.504. The highest BCUT2D eigenvalue weighted by Crippen LogP contribution is 2.36. The number of furan rings is 1. The second-order valence-corrected chi connectivity index (χ2v) is 7.24. The molecular formula is C22H23N3O2. The first-order chi connectivity index (χ1) is 12.9. The van der Waals surface area contributed by atoms with E-state index in [1.165, 1.54) is 0 Å². The lowest BCUT2D eigenvalue weighted by atomic mass is 10.0. The van der Waals surface area contributed by atoms with Crippen LogP contribution in [0, 0.1) is 20.8 Å². The van der Waals surface area contributed by atoms with Crippen molar-refractivity contribution in [2.24, 2.45) is 0 Å². The number of pyridine rings is 1. The van der Waals surface area contributed by atoms with E-state index < -0.39 is 0 Å². The third-order valence-electron chi connectivity index (χ3n) is 4.71. The molecule has 4 rings (SSSR count). The Bertz CT molecular complexity index is 1100. The molecule has 1 aromatic carbocycles. The summed E-state index contributed by atoms with van der Waals surface area (Å²) in [6.07, 6.45) is 0. The Kier molecular flexibility index (Phi) is 4.32. The summed E-state index contributed by atoms with van der Waals surface area (Å²) in [6.45, 7) is 6.69. The van der Waals surface area contributed by atoms with Gasteiger partial charge in [0.25, 0.3) is 0 Å². The van der Waals surface area contributed by atoms with E-state index >= 15 is 0 Å². The minimum atomic E-state index is 0.739. The number of aromatic nitrogens is 2. The number of aryl methyl sites for hydroxylation is 3. The molecule has 0 atom stereocenters. The molecule has 0 unspecified atom stereocenters. The summed E-state index contributed by atoms with van der Waals surface area (Å²) in [5.41, 5.74) is 6.54. The number of fused-ring (bicyclic) bond motifs is 1. The molecule has 0 fully saturated rings. The van der Waals surface area contributed by atoms with Crippen molar-refractivity contribution >= 4 is 11.0 Å². The second-order valence-electron chi connectivity index (χ2n) is 7.24. The second kappa shape index (κ2) is 6.67. The molecule has 0 radical (unpaired) electrons. The highest BCUT2D eigenvalue weighted by molar-refractivity contribution is 5.94. The fourth-order valence-electron chi connectivity index (χ4n) is 3.49. The molecule has 0 saturated carbocycles. The Morgan fingerprint density at radius 1 is 1.04 bits per heavy atom. The summed E-state index contributed by atoms with van der Waals surface area (Å²) >= 11 is 0. The fraction of sp³-hybridized carbons (Fsp3) is 0.273. The number of hydrogen-bond acceptors (Lipinski definition) is 5. The largest absolute Gasteiger partial charge is 0.457 e. The van der Waals surface area contributed by atoms with Crippen molar-refractivity contribution in [2.75, 3.05) is 14.1 Å². The van der Waals surface area contributed by atoms with E-state index in [2.05, 4.69) is 41.2 Å². The monoisotopic (exact) mass is 361 g/mol. The molecule has 0 N–H and O–H groups in total. The molecule has 0 amide bonds. The van der Waals surface area contributed by atoms with E-state index in [4.69, 9.17) is 13.9 Å². The molecule has 5 heteroatoms. The van der Waals surface area contributed by atoms with Gasteiger partial charge in [0.15, 0.2) is 5.58 Å². The van der Waals surface area contributed by atoms with Gasteiger partial charge in [0, 0.05) is 10.9 Å². The lowest BCUT2D eigenvalue weighted by Gasteiger charge is -2.09. The average molecular weight is 361 g/mol. The van der Waals surface area contributed by atoms with Crippen molar-refractivity contribution in [3.63, 3.8) is 0 Å². The van der Waals surface area contributed by atoms with Gasteiger partial charge in [-0.3, -0.25) is 0 Å². The Morgan fingerprint density at radius 3 is 2.48 bits per heavy atom. The Balaban J connectivity index is 2.01. The van der Waals surface area contributed by atoms with Crippen molar-refractivity contribution in [1.29, 1.82) is 0 Å². The van der Waals surface area contributed by atoms with Crippen LogP contribution < -0.4 is 0 Å².